The summed E-state index contributed by atoms with van der Waals surface area (Å²) in [6.45, 7) is 4.72. The lowest BCUT2D eigenvalue weighted by Gasteiger charge is -2.31. The fourth-order valence-corrected chi connectivity index (χ4v) is 6.18. The minimum Gasteiger partial charge on any atom is -1.00 e. The molecule has 0 unspecified atom stereocenters. The van der Waals surface area contributed by atoms with Crippen molar-refractivity contribution >= 4 is 8.80 Å². The third-order valence-electron chi connectivity index (χ3n) is 6.80. The fraction of sp³-hybridized carbons (Fsp3) is 1.00. The van der Waals surface area contributed by atoms with Gasteiger partial charge in [-0.1, -0.05) is 96.8 Å². The topological polar surface area (TPSA) is 59.2 Å². The third kappa shape index (κ3) is 22.5. The van der Waals surface area contributed by atoms with Crippen LogP contribution in [0.15, 0.2) is 0 Å². The molecule has 0 heterocycles. The molecule has 0 aromatic rings. The van der Waals surface area contributed by atoms with E-state index in [0.29, 0.717) is 0 Å². The van der Waals surface area contributed by atoms with Gasteiger partial charge in [0, 0.05) is 33.8 Å². The maximum Gasteiger partial charge on any atom is 0.500 e. The van der Waals surface area contributed by atoms with Gasteiger partial charge >= 0.3 is 8.80 Å². The van der Waals surface area contributed by atoms with E-state index in [9.17, 15) is 0 Å². The molecule has 7 heteroatoms. The van der Waals surface area contributed by atoms with Gasteiger partial charge in [-0.25, -0.2) is 0 Å². The molecule has 0 fully saturated rings. The van der Waals surface area contributed by atoms with Crippen molar-refractivity contribution < 1.29 is 35.6 Å². The van der Waals surface area contributed by atoms with Gasteiger partial charge in [-0.2, -0.15) is 0 Å². The molecule has 5 nitrogen and oxygen atoms in total. The molecule has 0 aromatic carbocycles. The first-order chi connectivity index (χ1) is 14.9. The number of hydrogen-bond acceptors (Lipinski definition) is 3. The molecule has 0 spiro atoms. The highest BCUT2D eigenvalue weighted by atomic mass is 35.5. The summed E-state index contributed by atoms with van der Waals surface area (Å²) in [5.74, 6) is 0. The van der Waals surface area contributed by atoms with Gasteiger partial charge in [-0.05, 0) is 12.8 Å². The van der Waals surface area contributed by atoms with Crippen LogP contribution in [-0.4, -0.2) is 67.3 Å². The van der Waals surface area contributed by atoms with Crippen molar-refractivity contribution in [3.8, 4) is 0 Å². The molecule has 0 radical (unpaired) electrons. The van der Waals surface area contributed by atoms with Crippen LogP contribution in [-0.2, 0) is 13.3 Å². The normalized spacial score (nSPS) is 11.8. The summed E-state index contributed by atoms with van der Waals surface area (Å²) >= 11 is 0. The van der Waals surface area contributed by atoms with Gasteiger partial charge < -0.3 is 35.6 Å². The molecule has 0 aliphatic carbocycles. The fourth-order valence-electron chi connectivity index (χ4n) is 4.48. The standard InChI is InChI=1S/C26H58NO3Si.ClH.H2O/c1-7-8-9-10-11-12-13-14-15-16-17-18-19-20-21-22-24-27(2,3)25-23-26-31(28-4,29-5)30-6;;/h7-26H2,1-6H3;1H;1H2/q+1;;/p-1. The number of quaternary nitrogens is 1. The van der Waals surface area contributed by atoms with Crippen molar-refractivity contribution in [1.29, 1.82) is 0 Å². The van der Waals surface area contributed by atoms with Crippen molar-refractivity contribution in [2.45, 2.75) is 122 Å². The highest BCUT2D eigenvalue weighted by Crippen LogP contribution is 2.17. The molecule has 0 saturated heterocycles. The van der Waals surface area contributed by atoms with E-state index < -0.39 is 8.80 Å². The summed E-state index contributed by atoms with van der Waals surface area (Å²) in [4.78, 5) is 0. The zero-order valence-corrected chi connectivity index (χ0v) is 24.9. The van der Waals surface area contributed by atoms with E-state index in [1.807, 2.05) is 0 Å². The Balaban J connectivity index is -0.00000450. The van der Waals surface area contributed by atoms with Crippen molar-refractivity contribution in [3.05, 3.63) is 0 Å². The Morgan fingerprint density at radius 2 is 0.818 bits per heavy atom. The van der Waals surface area contributed by atoms with Gasteiger partial charge in [0.15, 0.2) is 0 Å². The largest absolute Gasteiger partial charge is 1.00 e. The van der Waals surface area contributed by atoms with Gasteiger partial charge in [0.1, 0.15) is 0 Å². The van der Waals surface area contributed by atoms with Crippen LogP contribution in [0.5, 0.6) is 0 Å². The summed E-state index contributed by atoms with van der Waals surface area (Å²) in [7, 11) is 7.40. The van der Waals surface area contributed by atoms with Gasteiger partial charge in [0.05, 0.1) is 27.2 Å². The summed E-state index contributed by atoms with van der Waals surface area (Å²) in [6.07, 6.45) is 24.0. The lowest BCUT2D eigenvalue weighted by Crippen LogP contribution is -3.00. The molecular weight excluding hydrogens is 454 g/mol. The second-order valence-electron chi connectivity index (χ2n) is 10.1. The van der Waals surface area contributed by atoms with Gasteiger partial charge in [0.2, 0.25) is 0 Å². The molecule has 2 N–H and O–H groups in total. The minimum atomic E-state index is -2.40. The number of halogens is 1. The van der Waals surface area contributed by atoms with Crippen LogP contribution in [0.3, 0.4) is 0 Å². The summed E-state index contributed by atoms with van der Waals surface area (Å²) < 4.78 is 17.7. The Hall–Kier alpha value is 0.307. The number of unbranched alkanes of at least 4 members (excludes halogenated alkanes) is 15. The van der Waals surface area contributed by atoms with Gasteiger partial charge in [0.25, 0.3) is 0 Å². The Morgan fingerprint density at radius 1 is 0.515 bits per heavy atom. The zero-order valence-electron chi connectivity index (χ0n) is 23.2. The monoisotopic (exact) mass is 513 g/mol. The van der Waals surface area contributed by atoms with E-state index in [2.05, 4.69) is 21.0 Å². The van der Waals surface area contributed by atoms with E-state index in [4.69, 9.17) is 13.3 Å². The third-order valence-corrected chi connectivity index (χ3v) is 9.63. The van der Waals surface area contributed by atoms with E-state index in [0.717, 1.165) is 23.5 Å². The SMILES string of the molecule is CCCCCCCCCCCCCCCCCC[N+](C)(C)CCC[Si](OC)(OC)OC.O.[Cl-]. The Bertz CT molecular complexity index is 377. The maximum atomic E-state index is 5.53. The van der Waals surface area contributed by atoms with Crippen LogP contribution in [0.1, 0.15) is 116 Å². The van der Waals surface area contributed by atoms with E-state index in [1.54, 1.807) is 21.3 Å². The van der Waals surface area contributed by atoms with E-state index in [1.165, 1.54) is 109 Å². The molecule has 204 valence electrons. The Morgan fingerprint density at radius 3 is 1.15 bits per heavy atom. The van der Waals surface area contributed by atoms with Crippen LogP contribution in [0, 0.1) is 0 Å². The van der Waals surface area contributed by atoms with Crippen LogP contribution in [0.2, 0.25) is 6.04 Å². The average Bonchev–Trinajstić information content (AvgIpc) is 2.76. The van der Waals surface area contributed by atoms with Crippen LogP contribution in [0.4, 0.5) is 0 Å². The smallest absolute Gasteiger partial charge is 0.500 e. The van der Waals surface area contributed by atoms with Crippen LogP contribution < -0.4 is 12.4 Å². The van der Waals surface area contributed by atoms with Crippen molar-refractivity contribution in [2.24, 2.45) is 0 Å². The van der Waals surface area contributed by atoms with Crippen LogP contribution >= 0.6 is 0 Å². The summed E-state index contributed by atoms with van der Waals surface area (Å²) in [5, 5.41) is 0. The lowest BCUT2D eigenvalue weighted by atomic mass is 10.0. The van der Waals surface area contributed by atoms with E-state index in [-0.39, 0.29) is 17.9 Å². The molecule has 0 rings (SSSR count). The number of nitrogens with zero attached hydrogens (tertiary/aromatic N) is 1. The second-order valence-corrected chi connectivity index (χ2v) is 13.2. The Kier molecular flexibility index (Phi) is 29.1. The molecule has 0 aromatic heterocycles. The molecule has 0 atom stereocenters. The first kappa shape index (κ1) is 37.8. The predicted molar refractivity (Wildman–Crippen MR) is 141 cm³/mol. The van der Waals surface area contributed by atoms with Gasteiger partial charge in [-0.15, -0.1) is 0 Å². The highest BCUT2D eigenvalue weighted by molar-refractivity contribution is 6.60. The van der Waals surface area contributed by atoms with Gasteiger partial charge in [-0.3, -0.25) is 0 Å². The first-order valence-electron chi connectivity index (χ1n) is 13.4. The zero-order chi connectivity index (χ0) is 23.3. The second kappa shape index (κ2) is 25.4. The lowest BCUT2D eigenvalue weighted by molar-refractivity contribution is -0.890. The highest BCUT2D eigenvalue weighted by Gasteiger charge is 2.37. The molecule has 0 bridgehead atoms. The number of hydrogen-bond donors (Lipinski definition) is 0. The summed E-state index contributed by atoms with van der Waals surface area (Å²) in [5.41, 5.74) is 0. The number of rotatable bonds is 24. The van der Waals surface area contributed by atoms with Crippen LogP contribution in [0.25, 0.3) is 0 Å². The van der Waals surface area contributed by atoms with Crippen molar-refractivity contribution in [3.63, 3.8) is 0 Å². The molecular formula is C26H60ClNO4Si. The molecule has 33 heavy (non-hydrogen) atoms. The van der Waals surface area contributed by atoms with Crippen molar-refractivity contribution in [1.82, 2.24) is 0 Å². The maximum absolute atomic E-state index is 5.53. The quantitative estimate of drug-likeness (QED) is 0.112. The molecule has 0 aliphatic heterocycles. The first-order valence-corrected chi connectivity index (χ1v) is 15.4. The Labute approximate surface area is 215 Å². The molecule has 0 amide bonds. The molecule has 0 aliphatic rings. The average molecular weight is 514 g/mol. The summed E-state index contributed by atoms with van der Waals surface area (Å²) in [6, 6.07) is 0.900. The molecule has 0 saturated carbocycles. The minimum absolute atomic E-state index is 0. The van der Waals surface area contributed by atoms with E-state index >= 15 is 0 Å². The van der Waals surface area contributed by atoms with Crippen molar-refractivity contribution in [2.75, 3.05) is 48.5 Å². The predicted octanol–water partition coefficient (Wildman–Crippen LogP) is 3.77.